The fourth-order valence-corrected chi connectivity index (χ4v) is 4.35. The second-order valence-electron chi connectivity index (χ2n) is 8.41. The Morgan fingerprint density at radius 3 is 2.75 bits per heavy atom. The van der Waals surface area contributed by atoms with Gasteiger partial charge < -0.3 is 9.80 Å². The Morgan fingerprint density at radius 2 is 2.04 bits per heavy atom. The minimum atomic E-state index is -0.0230. The lowest BCUT2D eigenvalue weighted by molar-refractivity contribution is -0.132. The molecule has 2 heterocycles. The third kappa shape index (κ3) is 3.41. The number of pyridine rings is 1. The highest BCUT2D eigenvalue weighted by molar-refractivity contribution is 5.95. The molecule has 1 aliphatic carbocycles. The molecule has 2 atom stereocenters. The van der Waals surface area contributed by atoms with Crippen LogP contribution in [0.3, 0.4) is 0 Å². The van der Waals surface area contributed by atoms with E-state index in [4.69, 9.17) is 0 Å². The first kappa shape index (κ1) is 18.7. The van der Waals surface area contributed by atoms with E-state index in [1.54, 1.807) is 11.1 Å². The summed E-state index contributed by atoms with van der Waals surface area (Å²) in [5.41, 5.74) is 3.95. The number of likely N-dealkylation sites (tertiary alicyclic amines) is 1. The maximum atomic E-state index is 12.9. The number of carbonyl (C=O) groups is 2. The number of carbonyl (C=O) groups excluding carboxylic acids is 2. The Hall–Kier alpha value is -2.69. The van der Waals surface area contributed by atoms with E-state index >= 15 is 0 Å². The van der Waals surface area contributed by atoms with Crippen LogP contribution in [0.15, 0.2) is 42.6 Å². The summed E-state index contributed by atoms with van der Waals surface area (Å²) in [7, 11) is 1.84. The summed E-state index contributed by atoms with van der Waals surface area (Å²) >= 11 is 0. The van der Waals surface area contributed by atoms with Crippen LogP contribution in [0.25, 0.3) is 0 Å². The summed E-state index contributed by atoms with van der Waals surface area (Å²) in [6.45, 7) is 6.03. The second kappa shape index (κ2) is 7.04. The SMILES string of the molecule is Cc1ccc(C(=O)N2CC[C@]3(C[C@H]3C(=O)N(C)Cc3ccccn3)C2)cc1C. The first-order chi connectivity index (χ1) is 13.4. The van der Waals surface area contributed by atoms with Gasteiger partial charge in [0.15, 0.2) is 0 Å². The molecular weight excluding hydrogens is 350 g/mol. The number of rotatable bonds is 4. The average molecular weight is 377 g/mol. The number of aromatic nitrogens is 1. The molecule has 146 valence electrons. The van der Waals surface area contributed by atoms with Crippen LogP contribution >= 0.6 is 0 Å². The Bertz CT molecular complexity index is 911. The first-order valence-corrected chi connectivity index (χ1v) is 9.91. The summed E-state index contributed by atoms with van der Waals surface area (Å²) in [6, 6.07) is 11.6. The maximum Gasteiger partial charge on any atom is 0.253 e. The van der Waals surface area contributed by atoms with E-state index in [0.717, 1.165) is 36.2 Å². The molecule has 2 aliphatic rings. The van der Waals surface area contributed by atoms with Crippen molar-refractivity contribution in [3.05, 3.63) is 65.0 Å². The molecule has 5 nitrogen and oxygen atoms in total. The predicted octanol–water partition coefficient (Wildman–Crippen LogP) is 3.21. The Balaban J connectivity index is 1.38. The summed E-state index contributed by atoms with van der Waals surface area (Å²) < 4.78 is 0. The fraction of sp³-hybridized carbons (Fsp3) is 0.435. The van der Waals surface area contributed by atoms with E-state index < -0.39 is 0 Å². The molecular formula is C23H27N3O2. The van der Waals surface area contributed by atoms with E-state index in [1.165, 1.54) is 5.56 Å². The van der Waals surface area contributed by atoms with E-state index in [2.05, 4.69) is 11.9 Å². The normalized spacial score (nSPS) is 23.1. The highest BCUT2D eigenvalue weighted by Gasteiger charge is 2.61. The monoisotopic (exact) mass is 377 g/mol. The molecule has 1 spiro atoms. The van der Waals surface area contributed by atoms with Crippen molar-refractivity contribution in [1.29, 1.82) is 0 Å². The lowest BCUT2D eigenvalue weighted by atomic mass is 10.0. The van der Waals surface area contributed by atoms with Crippen molar-refractivity contribution in [2.75, 3.05) is 20.1 Å². The lowest BCUT2D eigenvalue weighted by Gasteiger charge is -2.20. The molecule has 1 aromatic heterocycles. The number of hydrogen-bond donors (Lipinski definition) is 0. The molecule has 2 fully saturated rings. The van der Waals surface area contributed by atoms with E-state index in [0.29, 0.717) is 13.1 Å². The highest BCUT2D eigenvalue weighted by atomic mass is 16.2. The van der Waals surface area contributed by atoms with Gasteiger partial charge in [-0.15, -0.1) is 0 Å². The van der Waals surface area contributed by atoms with E-state index in [-0.39, 0.29) is 23.1 Å². The summed E-state index contributed by atoms with van der Waals surface area (Å²) in [5, 5.41) is 0. The Labute approximate surface area is 166 Å². The highest BCUT2D eigenvalue weighted by Crippen LogP contribution is 2.59. The number of hydrogen-bond acceptors (Lipinski definition) is 3. The quantitative estimate of drug-likeness (QED) is 0.822. The number of benzene rings is 1. The van der Waals surface area contributed by atoms with Crippen molar-refractivity contribution in [3.63, 3.8) is 0 Å². The molecule has 1 saturated heterocycles. The van der Waals surface area contributed by atoms with Gasteiger partial charge in [-0.05, 0) is 62.1 Å². The van der Waals surface area contributed by atoms with Crippen LogP contribution in [-0.2, 0) is 11.3 Å². The number of aryl methyl sites for hydroxylation is 2. The minimum Gasteiger partial charge on any atom is -0.340 e. The molecule has 4 rings (SSSR count). The van der Waals surface area contributed by atoms with Gasteiger partial charge in [0.25, 0.3) is 5.91 Å². The summed E-state index contributed by atoms with van der Waals surface area (Å²) in [6.07, 6.45) is 3.55. The van der Waals surface area contributed by atoms with E-state index in [9.17, 15) is 9.59 Å². The molecule has 0 bridgehead atoms. The molecule has 2 amide bonds. The Kier molecular flexibility index (Phi) is 4.69. The zero-order valence-corrected chi connectivity index (χ0v) is 16.8. The largest absolute Gasteiger partial charge is 0.340 e. The van der Waals surface area contributed by atoms with Crippen LogP contribution in [0.5, 0.6) is 0 Å². The standard InChI is InChI=1S/C23H27N3O2/c1-16-7-8-18(12-17(16)2)21(27)26-11-9-23(15-26)13-20(23)22(28)25(3)14-19-6-4-5-10-24-19/h4-8,10,12,20H,9,11,13-15H2,1-3H3/t20-,23-/m0/s1. The first-order valence-electron chi connectivity index (χ1n) is 9.91. The van der Waals surface area contributed by atoms with Crippen molar-refractivity contribution in [3.8, 4) is 0 Å². The van der Waals surface area contributed by atoms with Gasteiger partial charge in [0.05, 0.1) is 12.2 Å². The molecule has 1 saturated carbocycles. The maximum absolute atomic E-state index is 12.9. The predicted molar refractivity (Wildman–Crippen MR) is 108 cm³/mol. The number of amides is 2. The third-order valence-corrected chi connectivity index (χ3v) is 6.42. The van der Waals surface area contributed by atoms with Crippen molar-refractivity contribution in [2.24, 2.45) is 11.3 Å². The van der Waals surface area contributed by atoms with Gasteiger partial charge in [0.2, 0.25) is 5.91 Å². The average Bonchev–Trinajstić information content (AvgIpc) is 3.22. The molecule has 0 N–H and O–H groups in total. The molecule has 1 aromatic carbocycles. The van der Waals surface area contributed by atoms with Crippen LogP contribution in [0.1, 0.15) is 40.0 Å². The van der Waals surface area contributed by atoms with Crippen molar-refractivity contribution in [2.45, 2.75) is 33.2 Å². The van der Waals surface area contributed by atoms with Crippen LogP contribution in [0.4, 0.5) is 0 Å². The van der Waals surface area contributed by atoms with Crippen molar-refractivity contribution >= 4 is 11.8 Å². The van der Waals surface area contributed by atoms with Crippen molar-refractivity contribution in [1.82, 2.24) is 14.8 Å². The van der Waals surface area contributed by atoms with Gasteiger partial charge in [-0.3, -0.25) is 14.6 Å². The van der Waals surface area contributed by atoms with Gasteiger partial charge >= 0.3 is 0 Å². The van der Waals surface area contributed by atoms with Gasteiger partial charge in [0.1, 0.15) is 0 Å². The third-order valence-electron chi connectivity index (χ3n) is 6.42. The van der Waals surface area contributed by atoms with E-state index in [1.807, 2.05) is 55.3 Å². The number of nitrogens with zero attached hydrogens (tertiary/aromatic N) is 3. The molecule has 0 unspecified atom stereocenters. The van der Waals surface area contributed by atoms with Crippen LogP contribution in [0, 0.1) is 25.2 Å². The smallest absolute Gasteiger partial charge is 0.253 e. The molecule has 28 heavy (non-hydrogen) atoms. The van der Waals surface area contributed by atoms with Gasteiger partial charge in [-0.2, -0.15) is 0 Å². The zero-order valence-electron chi connectivity index (χ0n) is 16.8. The summed E-state index contributed by atoms with van der Waals surface area (Å²) in [4.78, 5) is 33.8. The molecule has 2 aromatic rings. The summed E-state index contributed by atoms with van der Waals surface area (Å²) in [5.74, 6) is 0.282. The van der Waals surface area contributed by atoms with Gasteiger partial charge in [-0.25, -0.2) is 0 Å². The van der Waals surface area contributed by atoms with Crippen molar-refractivity contribution < 1.29 is 9.59 Å². The zero-order chi connectivity index (χ0) is 19.9. The lowest BCUT2D eigenvalue weighted by Crippen LogP contribution is -2.32. The molecule has 1 aliphatic heterocycles. The van der Waals surface area contributed by atoms with Crippen LogP contribution < -0.4 is 0 Å². The fourth-order valence-electron chi connectivity index (χ4n) is 4.35. The van der Waals surface area contributed by atoms with Crippen LogP contribution in [-0.4, -0.2) is 46.7 Å². The topological polar surface area (TPSA) is 53.5 Å². The minimum absolute atomic E-state index is 0.0230. The molecule has 5 heteroatoms. The van der Waals surface area contributed by atoms with Gasteiger partial charge in [0, 0.05) is 43.2 Å². The van der Waals surface area contributed by atoms with Crippen LogP contribution in [0.2, 0.25) is 0 Å². The Morgan fingerprint density at radius 1 is 1.21 bits per heavy atom. The van der Waals surface area contributed by atoms with Gasteiger partial charge in [-0.1, -0.05) is 12.1 Å². The molecule has 0 radical (unpaired) electrons. The second-order valence-corrected chi connectivity index (χ2v) is 8.41.